The van der Waals surface area contributed by atoms with E-state index in [1.54, 1.807) is 6.92 Å². The molecule has 1 rings (SSSR count). The van der Waals surface area contributed by atoms with Gasteiger partial charge in [0, 0.05) is 6.07 Å². The van der Waals surface area contributed by atoms with Gasteiger partial charge < -0.3 is 4.84 Å². The molecule has 0 saturated carbocycles. The molecular formula is C10H12F3NO. The topological polar surface area (TPSA) is 35.2 Å². The second-order valence-corrected chi connectivity index (χ2v) is 3.50. The van der Waals surface area contributed by atoms with Crippen LogP contribution < -0.4 is 5.90 Å². The molecule has 0 bridgehead atoms. The summed E-state index contributed by atoms with van der Waals surface area (Å²) in [7, 11) is 0. The molecule has 1 aromatic carbocycles. The van der Waals surface area contributed by atoms with Crippen molar-refractivity contribution < 1.29 is 18.0 Å². The summed E-state index contributed by atoms with van der Waals surface area (Å²) in [5, 5.41) is 0. The fourth-order valence-corrected chi connectivity index (χ4v) is 1.32. The lowest BCUT2D eigenvalue weighted by molar-refractivity contribution is 0.107. The van der Waals surface area contributed by atoms with Crippen LogP contribution in [0.4, 0.5) is 13.2 Å². The van der Waals surface area contributed by atoms with E-state index >= 15 is 0 Å². The summed E-state index contributed by atoms with van der Waals surface area (Å²) in [6, 6.07) is 1.40. The Morgan fingerprint density at radius 2 is 1.80 bits per heavy atom. The Morgan fingerprint density at radius 1 is 1.20 bits per heavy atom. The molecule has 5 heteroatoms. The van der Waals surface area contributed by atoms with Crippen LogP contribution in [0.3, 0.4) is 0 Å². The van der Waals surface area contributed by atoms with Gasteiger partial charge in [-0.25, -0.2) is 19.1 Å². The van der Waals surface area contributed by atoms with Gasteiger partial charge in [0.1, 0.15) is 5.82 Å². The van der Waals surface area contributed by atoms with Crippen LogP contribution in [-0.2, 0) is 11.3 Å². The Hall–Kier alpha value is -1.07. The summed E-state index contributed by atoms with van der Waals surface area (Å²) in [5.41, 5.74) is 0.124. The van der Waals surface area contributed by atoms with Gasteiger partial charge in [-0.2, -0.15) is 0 Å². The molecule has 0 aliphatic heterocycles. The fraction of sp³-hybridized carbons (Fsp3) is 0.400. The Labute approximate surface area is 85.8 Å². The van der Waals surface area contributed by atoms with Gasteiger partial charge in [-0.1, -0.05) is 6.92 Å². The minimum absolute atomic E-state index is 0.0608. The molecule has 0 heterocycles. The van der Waals surface area contributed by atoms with Gasteiger partial charge in [0.15, 0.2) is 11.6 Å². The maximum Gasteiger partial charge on any atom is 0.161 e. The number of rotatable bonds is 4. The molecule has 0 spiro atoms. The molecule has 0 fully saturated rings. The van der Waals surface area contributed by atoms with Crippen LogP contribution in [0.15, 0.2) is 12.1 Å². The van der Waals surface area contributed by atoms with Crippen LogP contribution in [0.5, 0.6) is 0 Å². The zero-order valence-electron chi connectivity index (χ0n) is 8.27. The molecule has 0 aromatic heterocycles. The van der Waals surface area contributed by atoms with Gasteiger partial charge in [0.25, 0.3) is 0 Å². The Balaban J connectivity index is 2.81. The van der Waals surface area contributed by atoms with Crippen LogP contribution in [0.2, 0.25) is 0 Å². The van der Waals surface area contributed by atoms with Crippen molar-refractivity contribution in [2.24, 2.45) is 11.8 Å². The summed E-state index contributed by atoms with van der Waals surface area (Å²) in [4.78, 5) is 4.38. The third kappa shape index (κ3) is 3.21. The first kappa shape index (κ1) is 12.0. The normalized spacial score (nSPS) is 12.9. The highest BCUT2D eigenvalue weighted by atomic mass is 19.2. The van der Waals surface area contributed by atoms with Crippen LogP contribution >= 0.6 is 0 Å². The van der Waals surface area contributed by atoms with Crippen molar-refractivity contribution in [3.05, 3.63) is 35.1 Å². The summed E-state index contributed by atoms with van der Waals surface area (Å²) < 4.78 is 38.5. The van der Waals surface area contributed by atoms with Crippen molar-refractivity contribution in [3.8, 4) is 0 Å². The first-order valence-electron chi connectivity index (χ1n) is 4.49. The standard InChI is InChI=1S/C10H12F3NO/c1-6(5-15-14)2-7-3-9(12)10(13)4-8(7)11/h3-4,6H,2,5,14H2,1H3. The van der Waals surface area contributed by atoms with E-state index in [1.165, 1.54) is 0 Å². The number of hydrogen-bond donors (Lipinski definition) is 1. The molecular weight excluding hydrogens is 207 g/mol. The minimum atomic E-state index is -1.18. The first-order chi connectivity index (χ1) is 7.04. The second kappa shape index (κ2) is 5.14. The maximum absolute atomic E-state index is 13.2. The van der Waals surface area contributed by atoms with Crippen LogP contribution in [-0.4, -0.2) is 6.61 Å². The highest BCUT2D eigenvalue weighted by Crippen LogP contribution is 2.17. The highest BCUT2D eigenvalue weighted by molar-refractivity contribution is 5.20. The molecule has 1 atom stereocenters. The molecule has 0 aliphatic rings. The Kier molecular flexibility index (Phi) is 4.11. The Bertz CT molecular complexity index is 344. The first-order valence-corrected chi connectivity index (χ1v) is 4.49. The lowest BCUT2D eigenvalue weighted by Gasteiger charge is -2.10. The van der Waals surface area contributed by atoms with E-state index in [0.29, 0.717) is 6.07 Å². The molecule has 0 saturated heterocycles. The summed E-state index contributed by atoms with van der Waals surface area (Å²) in [6.45, 7) is 2.01. The molecule has 0 aliphatic carbocycles. The zero-order chi connectivity index (χ0) is 11.4. The highest BCUT2D eigenvalue weighted by Gasteiger charge is 2.12. The second-order valence-electron chi connectivity index (χ2n) is 3.50. The molecule has 84 valence electrons. The molecule has 0 radical (unpaired) electrons. The van der Waals surface area contributed by atoms with Crippen molar-refractivity contribution in [3.63, 3.8) is 0 Å². The maximum atomic E-state index is 13.2. The van der Waals surface area contributed by atoms with Gasteiger partial charge in [-0.15, -0.1) is 0 Å². The van der Waals surface area contributed by atoms with E-state index in [0.717, 1.165) is 6.07 Å². The van der Waals surface area contributed by atoms with Gasteiger partial charge in [-0.3, -0.25) is 0 Å². The van der Waals surface area contributed by atoms with E-state index in [1.807, 2.05) is 0 Å². The smallest absolute Gasteiger partial charge is 0.161 e. The summed E-state index contributed by atoms with van der Waals surface area (Å²) >= 11 is 0. The largest absolute Gasteiger partial charge is 0.304 e. The minimum Gasteiger partial charge on any atom is -0.304 e. The van der Waals surface area contributed by atoms with E-state index in [9.17, 15) is 13.2 Å². The van der Waals surface area contributed by atoms with Gasteiger partial charge in [0.2, 0.25) is 0 Å². The van der Waals surface area contributed by atoms with Crippen molar-refractivity contribution in [2.45, 2.75) is 13.3 Å². The predicted molar refractivity (Wildman–Crippen MR) is 49.3 cm³/mol. The SMILES string of the molecule is CC(CON)Cc1cc(F)c(F)cc1F. The van der Waals surface area contributed by atoms with Crippen LogP contribution in [0.25, 0.3) is 0 Å². The van der Waals surface area contributed by atoms with Crippen molar-refractivity contribution in [1.29, 1.82) is 0 Å². The lowest BCUT2D eigenvalue weighted by Crippen LogP contribution is -2.13. The average Bonchev–Trinajstić information content (AvgIpc) is 2.14. The number of benzene rings is 1. The number of hydrogen-bond acceptors (Lipinski definition) is 2. The number of halogens is 3. The van der Waals surface area contributed by atoms with Crippen LogP contribution in [0.1, 0.15) is 12.5 Å². The van der Waals surface area contributed by atoms with Gasteiger partial charge >= 0.3 is 0 Å². The lowest BCUT2D eigenvalue weighted by atomic mass is 10.0. The molecule has 15 heavy (non-hydrogen) atoms. The third-order valence-electron chi connectivity index (χ3n) is 2.04. The van der Waals surface area contributed by atoms with Crippen molar-refractivity contribution in [2.75, 3.05) is 6.61 Å². The Morgan fingerprint density at radius 3 is 2.40 bits per heavy atom. The third-order valence-corrected chi connectivity index (χ3v) is 2.04. The van der Waals surface area contributed by atoms with Gasteiger partial charge in [0.05, 0.1) is 6.61 Å². The summed E-state index contributed by atoms with van der Waals surface area (Å²) in [5.74, 6) is 1.80. The van der Waals surface area contributed by atoms with Crippen LogP contribution in [0, 0.1) is 23.4 Å². The van der Waals surface area contributed by atoms with E-state index < -0.39 is 17.5 Å². The molecule has 2 N–H and O–H groups in total. The zero-order valence-corrected chi connectivity index (χ0v) is 8.27. The quantitative estimate of drug-likeness (QED) is 0.622. The molecule has 1 aromatic rings. The summed E-state index contributed by atoms with van der Waals surface area (Å²) in [6.07, 6.45) is 0.250. The monoisotopic (exact) mass is 219 g/mol. The van der Waals surface area contributed by atoms with E-state index in [2.05, 4.69) is 4.84 Å². The van der Waals surface area contributed by atoms with Gasteiger partial charge in [-0.05, 0) is 24.0 Å². The molecule has 0 amide bonds. The molecule has 1 unspecified atom stereocenters. The van der Waals surface area contributed by atoms with E-state index in [4.69, 9.17) is 5.90 Å². The van der Waals surface area contributed by atoms with Crippen molar-refractivity contribution in [1.82, 2.24) is 0 Å². The van der Waals surface area contributed by atoms with E-state index in [-0.39, 0.29) is 24.5 Å². The molecule has 2 nitrogen and oxygen atoms in total. The fourth-order valence-electron chi connectivity index (χ4n) is 1.32. The number of nitrogens with two attached hydrogens (primary N) is 1. The average molecular weight is 219 g/mol. The van der Waals surface area contributed by atoms with Crippen molar-refractivity contribution >= 4 is 0 Å². The predicted octanol–water partition coefficient (Wildman–Crippen LogP) is 2.17.